The largest absolute Gasteiger partial charge is 0.464 e. The van der Waals surface area contributed by atoms with Gasteiger partial charge in [0.25, 0.3) is 0 Å². The number of hydrogen-bond acceptors (Lipinski definition) is 3. The molecule has 0 rings (SSSR count). The Morgan fingerprint density at radius 1 is 1.64 bits per heavy atom. The maximum Gasteiger partial charge on any atom is 0.356 e. The molecule has 0 aromatic rings. The van der Waals surface area contributed by atoms with Crippen molar-refractivity contribution in [3.8, 4) is 0 Å². The van der Waals surface area contributed by atoms with Gasteiger partial charge in [-0.15, -0.1) is 0 Å². The number of allylic oxidation sites excluding steroid dienone is 1. The lowest BCUT2D eigenvalue weighted by Gasteiger charge is -1.96. The van der Waals surface area contributed by atoms with Gasteiger partial charge in [0.1, 0.15) is 5.71 Å². The van der Waals surface area contributed by atoms with Crippen LogP contribution in [0.4, 0.5) is 0 Å². The first-order chi connectivity index (χ1) is 5.11. The Hall–Kier alpha value is -0.640. The molecule has 0 aliphatic carbocycles. The minimum Gasteiger partial charge on any atom is -0.464 e. The van der Waals surface area contributed by atoms with Gasteiger partial charge in [0.05, 0.1) is 7.11 Å². The standard InChI is InChI=1S/C7H10BrNO2/c1-5(8)4-6(9-2)7(10)11-3/h4H,1-3H3/b5-4+,9-6?. The molecule has 0 radical (unpaired) electrons. The fourth-order valence-electron chi connectivity index (χ4n) is 0.508. The lowest BCUT2D eigenvalue weighted by Crippen LogP contribution is -2.13. The van der Waals surface area contributed by atoms with Crippen LogP contribution in [0.25, 0.3) is 0 Å². The summed E-state index contributed by atoms with van der Waals surface area (Å²) >= 11 is 3.19. The number of rotatable bonds is 2. The van der Waals surface area contributed by atoms with E-state index in [-0.39, 0.29) is 0 Å². The molecule has 0 saturated carbocycles. The number of nitrogens with zero attached hydrogens (tertiary/aromatic N) is 1. The summed E-state index contributed by atoms with van der Waals surface area (Å²) in [7, 11) is 2.86. The minimum absolute atomic E-state index is 0.307. The van der Waals surface area contributed by atoms with Crippen LogP contribution in [-0.2, 0) is 9.53 Å². The molecular formula is C7H10BrNO2. The van der Waals surface area contributed by atoms with Gasteiger partial charge < -0.3 is 4.74 Å². The van der Waals surface area contributed by atoms with E-state index in [9.17, 15) is 4.79 Å². The first-order valence-corrected chi connectivity index (χ1v) is 3.80. The summed E-state index contributed by atoms with van der Waals surface area (Å²) in [6, 6.07) is 0. The van der Waals surface area contributed by atoms with Crippen molar-refractivity contribution in [3.63, 3.8) is 0 Å². The summed E-state index contributed by atoms with van der Waals surface area (Å²) in [6.45, 7) is 1.81. The molecule has 0 fully saturated rings. The maximum absolute atomic E-state index is 10.9. The molecular weight excluding hydrogens is 210 g/mol. The Balaban J connectivity index is 4.45. The van der Waals surface area contributed by atoms with E-state index in [1.165, 1.54) is 7.11 Å². The highest BCUT2D eigenvalue weighted by Gasteiger charge is 2.06. The molecule has 0 N–H and O–H groups in total. The molecule has 0 atom stereocenters. The maximum atomic E-state index is 10.9. The Labute approximate surface area is 74.3 Å². The monoisotopic (exact) mass is 219 g/mol. The predicted molar refractivity (Wildman–Crippen MR) is 48.1 cm³/mol. The first-order valence-electron chi connectivity index (χ1n) is 3.00. The third-order valence-electron chi connectivity index (χ3n) is 0.971. The summed E-state index contributed by atoms with van der Waals surface area (Å²) < 4.78 is 5.31. The van der Waals surface area contributed by atoms with Crippen molar-refractivity contribution in [3.05, 3.63) is 10.6 Å². The van der Waals surface area contributed by atoms with E-state index in [2.05, 4.69) is 25.7 Å². The summed E-state index contributed by atoms with van der Waals surface area (Å²) in [5.41, 5.74) is 0.307. The van der Waals surface area contributed by atoms with Gasteiger partial charge in [0.2, 0.25) is 0 Å². The number of ether oxygens (including phenoxy) is 1. The second kappa shape index (κ2) is 5.07. The van der Waals surface area contributed by atoms with Crippen molar-refractivity contribution in [1.82, 2.24) is 0 Å². The molecule has 4 heteroatoms. The lowest BCUT2D eigenvalue weighted by atomic mass is 10.3. The van der Waals surface area contributed by atoms with Gasteiger partial charge in [-0.1, -0.05) is 15.9 Å². The summed E-state index contributed by atoms with van der Waals surface area (Å²) in [5.74, 6) is -0.425. The van der Waals surface area contributed by atoms with Crippen molar-refractivity contribution in [2.75, 3.05) is 14.2 Å². The molecule has 0 aliphatic rings. The van der Waals surface area contributed by atoms with Crippen LogP contribution in [0.1, 0.15) is 6.92 Å². The van der Waals surface area contributed by atoms with Gasteiger partial charge in [-0.25, -0.2) is 4.79 Å². The van der Waals surface area contributed by atoms with Gasteiger partial charge >= 0.3 is 5.97 Å². The SMILES string of the molecule is CN=C(/C=C(\C)Br)C(=O)OC. The first kappa shape index (κ1) is 10.4. The van der Waals surface area contributed by atoms with E-state index in [1.54, 1.807) is 13.1 Å². The zero-order chi connectivity index (χ0) is 8.85. The Kier molecular flexibility index (Phi) is 4.77. The normalized spacial score (nSPS) is 13.1. The summed E-state index contributed by atoms with van der Waals surface area (Å²) in [5, 5.41) is 0. The summed E-state index contributed by atoms with van der Waals surface area (Å²) in [6.07, 6.45) is 1.60. The number of hydrogen-bond donors (Lipinski definition) is 0. The van der Waals surface area contributed by atoms with Gasteiger partial charge in [0, 0.05) is 7.05 Å². The van der Waals surface area contributed by atoms with Crippen LogP contribution in [0.2, 0.25) is 0 Å². The van der Waals surface area contributed by atoms with E-state index in [1.807, 2.05) is 6.92 Å². The van der Waals surface area contributed by atoms with Crippen LogP contribution < -0.4 is 0 Å². The fourth-order valence-corrected chi connectivity index (χ4v) is 0.725. The van der Waals surface area contributed by atoms with Crippen molar-refractivity contribution in [1.29, 1.82) is 0 Å². The average molecular weight is 220 g/mol. The zero-order valence-corrected chi connectivity index (χ0v) is 8.31. The molecule has 3 nitrogen and oxygen atoms in total. The molecule has 0 aromatic heterocycles. The second-order valence-corrected chi connectivity index (χ2v) is 3.08. The second-order valence-electron chi connectivity index (χ2n) is 1.83. The van der Waals surface area contributed by atoms with Crippen LogP contribution in [-0.4, -0.2) is 25.8 Å². The number of carbonyl (C=O) groups is 1. The van der Waals surface area contributed by atoms with Crippen LogP contribution in [0.15, 0.2) is 15.6 Å². The van der Waals surface area contributed by atoms with E-state index in [0.29, 0.717) is 5.71 Å². The highest BCUT2D eigenvalue weighted by molar-refractivity contribution is 9.11. The van der Waals surface area contributed by atoms with Crippen molar-refractivity contribution >= 4 is 27.6 Å². The third kappa shape index (κ3) is 3.93. The molecule has 11 heavy (non-hydrogen) atoms. The molecule has 0 aromatic carbocycles. The Morgan fingerprint density at radius 3 is 2.45 bits per heavy atom. The van der Waals surface area contributed by atoms with E-state index >= 15 is 0 Å². The van der Waals surface area contributed by atoms with E-state index in [4.69, 9.17) is 0 Å². The average Bonchev–Trinajstić information content (AvgIpc) is 1.98. The molecule has 62 valence electrons. The van der Waals surface area contributed by atoms with E-state index in [0.717, 1.165) is 4.48 Å². The lowest BCUT2D eigenvalue weighted by molar-refractivity contribution is -0.132. The van der Waals surface area contributed by atoms with Crippen molar-refractivity contribution < 1.29 is 9.53 Å². The van der Waals surface area contributed by atoms with Crippen molar-refractivity contribution in [2.45, 2.75) is 6.92 Å². The number of carbonyl (C=O) groups excluding carboxylic acids is 1. The molecule has 0 amide bonds. The molecule has 0 bridgehead atoms. The fraction of sp³-hybridized carbons (Fsp3) is 0.429. The van der Waals surface area contributed by atoms with Crippen LogP contribution in [0, 0.1) is 0 Å². The van der Waals surface area contributed by atoms with Crippen LogP contribution in [0.5, 0.6) is 0 Å². The van der Waals surface area contributed by atoms with Gasteiger partial charge in [-0.05, 0) is 17.5 Å². The number of esters is 1. The molecule has 0 heterocycles. The third-order valence-corrected chi connectivity index (χ3v) is 1.20. The number of aliphatic imine (C=N–C) groups is 1. The number of methoxy groups -OCH3 is 1. The van der Waals surface area contributed by atoms with E-state index < -0.39 is 5.97 Å². The smallest absolute Gasteiger partial charge is 0.356 e. The predicted octanol–water partition coefficient (Wildman–Crippen LogP) is 1.53. The quantitative estimate of drug-likeness (QED) is 0.522. The Bertz CT molecular complexity index is 204. The highest BCUT2D eigenvalue weighted by atomic mass is 79.9. The molecule has 0 unspecified atom stereocenters. The Morgan fingerprint density at radius 2 is 2.18 bits per heavy atom. The number of halogens is 1. The molecule has 0 saturated heterocycles. The topological polar surface area (TPSA) is 38.7 Å². The van der Waals surface area contributed by atoms with Gasteiger partial charge in [-0.3, -0.25) is 4.99 Å². The molecule has 0 spiro atoms. The molecule has 0 aliphatic heterocycles. The van der Waals surface area contributed by atoms with Gasteiger partial charge in [-0.2, -0.15) is 0 Å². The highest BCUT2D eigenvalue weighted by Crippen LogP contribution is 2.02. The van der Waals surface area contributed by atoms with Crippen LogP contribution in [0.3, 0.4) is 0 Å². The van der Waals surface area contributed by atoms with Gasteiger partial charge in [0.15, 0.2) is 0 Å². The van der Waals surface area contributed by atoms with Crippen LogP contribution >= 0.6 is 15.9 Å². The minimum atomic E-state index is -0.425. The van der Waals surface area contributed by atoms with Crippen molar-refractivity contribution in [2.24, 2.45) is 4.99 Å². The zero-order valence-electron chi connectivity index (χ0n) is 6.72. The summed E-state index contributed by atoms with van der Waals surface area (Å²) in [4.78, 5) is 14.6.